The smallest absolute Gasteiger partial charge is 0.417 e. The number of hydrogen-bond acceptors (Lipinski definition) is 6. The van der Waals surface area contributed by atoms with Gasteiger partial charge in [-0.3, -0.25) is 14.6 Å². The number of halogens is 3. The van der Waals surface area contributed by atoms with Gasteiger partial charge in [-0.15, -0.1) is 11.3 Å². The molecule has 0 bridgehead atoms. The molecule has 1 aromatic heterocycles. The minimum atomic E-state index is -4.61. The van der Waals surface area contributed by atoms with Gasteiger partial charge >= 0.3 is 12.1 Å². The standard InChI is InChI=1S/C32H38F3NO4S/c1-6-8-9-10-11-23-12-13-24(26(16-23)32(33,34)35)25-14-15-27(40-18-20(3)31(38)39-7-2)21(4)29(25)30(37)22(5)28-17-36-19-41-28/h12-17,19-20,22H,6-11,18H2,1-5H3. The van der Waals surface area contributed by atoms with Gasteiger partial charge in [-0.1, -0.05) is 45.2 Å². The zero-order valence-electron chi connectivity index (χ0n) is 24.3. The maximum absolute atomic E-state index is 14.4. The number of hydrogen-bond donors (Lipinski definition) is 0. The third-order valence-corrected chi connectivity index (χ3v) is 8.07. The van der Waals surface area contributed by atoms with E-state index in [0.717, 1.165) is 25.7 Å². The fraction of sp³-hybridized carbons (Fsp3) is 0.469. The van der Waals surface area contributed by atoms with Gasteiger partial charge in [0.2, 0.25) is 0 Å². The molecule has 2 atom stereocenters. The van der Waals surface area contributed by atoms with Crippen LogP contribution in [0.15, 0.2) is 42.0 Å². The third kappa shape index (κ3) is 8.18. The Labute approximate surface area is 244 Å². The van der Waals surface area contributed by atoms with E-state index >= 15 is 0 Å². The van der Waals surface area contributed by atoms with Gasteiger partial charge in [-0.2, -0.15) is 13.2 Å². The number of unbranched alkanes of at least 4 members (excludes halogenated alkanes) is 3. The lowest BCUT2D eigenvalue weighted by atomic mass is 9.85. The van der Waals surface area contributed by atoms with Crippen molar-refractivity contribution in [2.45, 2.75) is 78.8 Å². The summed E-state index contributed by atoms with van der Waals surface area (Å²) in [5.74, 6) is -1.61. The maximum Gasteiger partial charge on any atom is 0.417 e. The molecule has 3 aromatic rings. The summed E-state index contributed by atoms with van der Waals surface area (Å²) in [6.45, 7) is 9.09. The van der Waals surface area contributed by atoms with Gasteiger partial charge in [0.1, 0.15) is 12.4 Å². The first-order valence-electron chi connectivity index (χ1n) is 14.1. The Morgan fingerprint density at radius 1 is 1.02 bits per heavy atom. The van der Waals surface area contributed by atoms with Crippen LogP contribution in [0.5, 0.6) is 5.75 Å². The summed E-state index contributed by atoms with van der Waals surface area (Å²) in [6, 6.07) is 7.48. The summed E-state index contributed by atoms with van der Waals surface area (Å²) >= 11 is 1.31. The number of alkyl halides is 3. The molecule has 0 aliphatic carbocycles. The summed E-state index contributed by atoms with van der Waals surface area (Å²) < 4.78 is 54.3. The van der Waals surface area contributed by atoms with Crippen LogP contribution in [0.4, 0.5) is 13.2 Å². The van der Waals surface area contributed by atoms with Crippen molar-refractivity contribution in [2.75, 3.05) is 13.2 Å². The van der Waals surface area contributed by atoms with E-state index in [2.05, 4.69) is 11.9 Å². The molecule has 0 amide bonds. The molecule has 0 aliphatic rings. The number of ketones is 1. The quantitative estimate of drug-likeness (QED) is 0.107. The van der Waals surface area contributed by atoms with E-state index in [9.17, 15) is 22.8 Å². The van der Waals surface area contributed by atoms with Gasteiger partial charge in [0.25, 0.3) is 0 Å². The number of nitrogens with zero attached hydrogens (tertiary/aromatic N) is 1. The molecule has 0 N–H and O–H groups in total. The van der Waals surface area contributed by atoms with Crippen molar-refractivity contribution in [3.63, 3.8) is 0 Å². The number of aromatic nitrogens is 1. The maximum atomic E-state index is 14.4. The summed E-state index contributed by atoms with van der Waals surface area (Å²) in [7, 11) is 0. The third-order valence-electron chi connectivity index (χ3n) is 7.11. The molecule has 2 unspecified atom stereocenters. The minimum absolute atomic E-state index is 0.00240. The summed E-state index contributed by atoms with van der Waals surface area (Å²) in [4.78, 5) is 30.8. The highest BCUT2D eigenvalue weighted by molar-refractivity contribution is 7.09. The largest absolute Gasteiger partial charge is 0.492 e. The van der Waals surface area contributed by atoms with Crippen LogP contribution in [0, 0.1) is 12.8 Å². The van der Waals surface area contributed by atoms with Gasteiger partial charge in [0.15, 0.2) is 5.78 Å². The molecule has 0 fully saturated rings. The van der Waals surface area contributed by atoms with E-state index in [1.54, 1.807) is 51.5 Å². The fourth-order valence-electron chi connectivity index (χ4n) is 4.72. The SMILES string of the molecule is CCCCCCc1ccc(-c2ccc(OCC(C)C(=O)OCC)c(C)c2C(=O)C(C)c2cncs2)c(C(F)(F)F)c1. The Morgan fingerprint density at radius 3 is 2.39 bits per heavy atom. The van der Waals surface area contributed by atoms with Gasteiger partial charge in [-0.25, -0.2) is 0 Å². The lowest BCUT2D eigenvalue weighted by molar-refractivity contribution is -0.148. The molecule has 222 valence electrons. The number of thiazole rings is 1. The zero-order valence-corrected chi connectivity index (χ0v) is 25.1. The Hall–Kier alpha value is -3.20. The number of benzene rings is 2. The molecule has 3 rings (SSSR count). The molecule has 0 radical (unpaired) electrons. The predicted octanol–water partition coefficient (Wildman–Crippen LogP) is 8.82. The number of carbonyl (C=O) groups excluding carboxylic acids is 2. The average Bonchev–Trinajstić information content (AvgIpc) is 3.48. The first kappa shape index (κ1) is 32.3. The van der Waals surface area contributed by atoms with Crippen LogP contribution in [0.2, 0.25) is 0 Å². The van der Waals surface area contributed by atoms with E-state index in [0.29, 0.717) is 28.2 Å². The summed E-state index contributed by atoms with van der Waals surface area (Å²) in [6.07, 6.45) is 1.40. The highest BCUT2D eigenvalue weighted by Crippen LogP contribution is 2.42. The number of aryl methyl sites for hydroxylation is 1. The molecular weight excluding hydrogens is 551 g/mol. The molecule has 9 heteroatoms. The van der Waals surface area contributed by atoms with Crippen LogP contribution in [0.3, 0.4) is 0 Å². The number of Topliss-reactive ketones (excluding diaryl/α,β-unsaturated/α-hetero) is 1. The van der Waals surface area contributed by atoms with Crippen molar-refractivity contribution < 1.29 is 32.2 Å². The number of ether oxygens (including phenoxy) is 2. The molecular formula is C32H38F3NO4S. The van der Waals surface area contributed by atoms with E-state index in [4.69, 9.17) is 9.47 Å². The molecule has 0 aliphatic heterocycles. The van der Waals surface area contributed by atoms with Crippen molar-refractivity contribution in [2.24, 2.45) is 5.92 Å². The van der Waals surface area contributed by atoms with Gasteiger partial charge in [0.05, 0.1) is 29.5 Å². The van der Waals surface area contributed by atoms with E-state index in [1.807, 2.05) is 0 Å². The Morgan fingerprint density at radius 2 is 1.76 bits per heavy atom. The van der Waals surface area contributed by atoms with E-state index in [-0.39, 0.29) is 35.7 Å². The molecule has 0 saturated heterocycles. The second-order valence-corrected chi connectivity index (χ2v) is 11.2. The highest BCUT2D eigenvalue weighted by atomic mass is 32.1. The monoisotopic (exact) mass is 589 g/mol. The zero-order chi connectivity index (χ0) is 30.2. The van der Waals surface area contributed by atoms with Crippen molar-refractivity contribution in [1.29, 1.82) is 0 Å². The van der Waals surface area contributed by atoms with Crippen LogP contribution in [-0.4, -0.2) is 30.0 Å². The van der Waals surface area contributed by atoms with Crippen LogP contribution in [0.25, 0.3) is 11.1 Å². The molecule has 2 aromatic carbocycles. The number of carbonyl (C=O) groups is 2. The molecule has 0 saturated carbocycles. The Balaban J connectivity index is 2.10. The lowest BCUT2D eigenvalue weighted by Gasteiger charge is -2.22. The lowest BCUT2D eigenvalue weighted by Crippen LogP contribution is -2.22. The highest BCUT2D eigenvalue weighted by Gasteiger charge is 2.36. The van der Waals surface area contributed by atoms with E-state index < -0.39 is 29.5 Å². The van der Waals surface area contributed by atoms with Crippen LogP contribution in [0.1, 0.15) is 91.2 Å². The van der Waals surface area contributed by atoms with Crippen molar-refractivity contribution in [3.05, 3.63) is 69.2 Å². The Bertz CT molecular complexity index is 1320. The normalized spacial score (nSPS) is 13.1. The Kier molecular flexibility index (Phi) is 11.5. The summed E-state index contributed by atoms with van der Waals surface area (Å²) in [5.41, 5.74) is 2.18. The summed E-state index contributed by atoms with van der Waals surface area (Å²) in [5, 5.41) is 0. The topological polar surface area (TPSA) is 65.5 Å². The van der Waals surface area contributed by atoms with Crippen LogP contribution in [-0.2, 0) is 22.1 Å². The second kappa shape index (κ2) is 14.6. The molecule has 41 heavy (non-hydrogen) atoms. The van der Waals surface area contributed by atoms with Gasteiger partial charge in [0, 0.05) is 22.2 Å². The van der Waals surface area contributed by atoms with Gasteiger partial charge in [-0.05, 0) is 68.5 Å². The minimum Gasteiger partial charge on any atom is -0.492 e. The molecule has 0 spiro atoms. The van der Waals surface area contributed by atoms with Crippen molar-refractivity contribution in [3.8, 4) is 16.9 Å². The molecule has 1 heterocycles. The average molecular weight is 590 g/mol. The predicted molar refractivity (Wildman–Crippen MR) is 156 cm³/mol. The van der Waals surface area contributed by atoms with E-state index in [1.165, 1.54) is 29.5 Å². The van der Waals surface area contributed by atoms with Crippen molar-refractivity contribution >= 4 is 23.1 Å². The first-order chi connectivity index (χ1) is 19.5. The first-order valence-corrected chi connectivity index (χ1v) is 14.9. The fourth-order valence-corrected chi connectivity index (χ4v) is 5.39. The number of esters is 1. The van der Waals surface area contributed by atoms with Crippen LogP contribution >= 0.6 is 11.3 Å². The van der Waals surface area contributed by atoms with Crippen molar-refractivity contribution in [1.82, 2.24) is 4.98 Å². The van der Waals surface area contributed by atoms with Gasteiger partial charge < -0.3 is 9.47 Å². The second-order valence-electron chi connectivity index (χ2n) is 10.3. The number of rotatable bonds is 14. The van der Waals surface area contributed by atoms with Crippen LogP contribution < -0.4 is 4.74 Å². The molecule has 5 nitrogen and oxygen atoms in total.